The van der Waals surface area contributed by atoms with Crippen molar-refractivity contribution >= 4 is 17.5 Å². The number of hydrogen-bond donors (Lipinski definition) is 2. The molecule has 7 nitrogen and oxygen atoms in total. The summed E-state index contributed by atoms with van der Waals surface area (Å²) in [5.41, 5.74) is 4.51. The van der Waals surface area contributed by atoms with Gasteiger partial charge < -0.3 is 15.5 Å². The first-order valence-corrected chi connectivity index (χ1v) is 9.56. The fourth-order valence-corrected chi connectivity index (χ4v) is 3.88. The van der Waals surface area contributed by atoms with Gasteiger partial charge in [-0.2, -0.15) is 5.10 Å². The summed E-state index contributed by atoms with van der Waals surface area (Å²) in [5.74, 6) is 0.0186. The van der Waals surface area contributed by atoms with E-state index in [4.69, 9.17) is 0 Å². The highest BCUT2D eigenvalue weighted by atomic mass is 16.2. The van der Waals surface area contributed by atoms with E-state index in [0.29, 0.717) is 25.2 Å². The van der Waals surface area contributed by atoms with Crippen molar-refractivity contribution in [2.45, 2.75) is 38.8 Å². The highest BCUT2D eigenvalue weighted by molar-refractivity contribution is 5.95. The Balaban J connectivity index is 1.45. The Morgan fingerprint density at radius 3 is 3.04 bits per heavy atom. The number of fused-ring (bicyclic) bond motifs is 1. The number of nitrogens with one attached hydrogen (secondary N) is 2. The molecule has 142 valence electrons. The molecule has 1 saturated heterocycles. The second kappa shape index (κ2) is 7.52. The molecule has 0 atom stereocenters. The van der Waals surface area contributed by atoms with Gasteiger partial charge in [-0.3, -0.25) is 14.3 Å². The lowest BCUT2D eigenvalue weighted by Gasteiger charge is -2.27. The number of aromatic nitrogens is 2. The van der Waals surface area contributed by atoms with Gasteiger partial charge in [-0.25, -0.2) is 0 Å². The lowest BCUT2D eigenvalue weighted by molar-refractivity contribution is -0.119. The molecule has 0 saturated carbocycles. The third kappa shape index (κ3) is 3.60. The molecule has 1 aromatic heterocycles. The van der Waals surface area contributed by atoms with E-state index in [2.05, 4.69) is 15.7 Å². The minimum Gasteiger partial charge on any atom is -0.347 e. The number of nitrogens with zero attached hydrogens (tertiary/aromatic N) is 3. The maximum Gasteiger partial charge on any atom is 0.272 e. The minimum absolute atomic E-state index is 0.157. The standard InChI is InChI=1S/C20H25N5O2/c1-24-17-8-9-21-13-16(17)19(23-24)20(27)22-12-14-5-4-6-15(11-14)25-10-3-2-7-18(25)26/h4-6,11,21H,2-3,7-10,12-13H2,1H3,(H,22,27). The third-order valence-electron chi connectivity index (χ3n) is 5.33. The molecule has 0 bridgehead atoms. The van der Waals surface area contributed by atoms with Crippen molar-refractivity contribution in [1.29, 1.82) is 0 Å². The van der Waals surface area contributed by atoms with Crippen molar-refractivity contribution in [3.63, 3.8) is 0 Å². The van der Waals surface area contributed by atoms with Crippen LogP contribution in [-0.2, 0) is 31.4 Å². The number of amides is 2. The first kappa shape index (κ1) is 17.7. The van der Waals surface area contributed by atoms with E-state index in [0.717, 1.165) is 54.9 Å². The molecule has 27 heavy (non-hydrogen) atoms. The van der Waals surface area contributed by atoms with Crippen molar-refractivity contribution in [2.75, 3.05) is 18.0 Å². The predicted octanol–water partition coefficient (Wildman–Crippen LogP) is 1.51. The molecule has 0 unspecified atom stereocenters. The molecule has 4 rings (SSSR count). The van der Waals surface area contributed by atoms with Crippen LogP contribution >= 0.6 is 0 Å². The molecular formula is C20H25N5O2. The molecule has 2 N–H and O–H groups in total. The SMILES string of the molecule is Cn1nc(C(=O)NCc2cccc(N3CCCCC3=O)c2)c2c1CCNC2. The van der Waals surface area contributed by atoms with Crippen LogP contribution in [0.15, 0.2) is 24.3 Å². The highest BCUT2D eigenvalue weighted by Crippen LogP contribution is 2.22. The molecule has 1 fully saturated rings. The van der Waals surface area contributed by atoms with Crippen LogP contribution in [0, 0.1) is 0 Å². The lowest BCUT2D eigenvalue weighted by atomic mass is 10.1. The number of hydrogen-bond acceptors (Lipinski definition) is 4. The Morgan fingerprint density at radius 1 is 1.30 bits per heavy atom. The number of carbonyl (C=O) groups is 2. The molecule has 3 heterocycles. The van der Waals surface area contributed by atoms with Crippen molar-refractivity contribution in [3.8, 4) is 0 Å². The zero-order chi connectivity index (χ0) is 18.8. The average Bonchev–Trinajstić information content (AvgIpc) is 3.04. The Kier molecular flexibility index (Phi) is 4.94. The van der Waals surface area contributed by atoms with E-state index >= 15 is 0 Å². The van der Waals surface area contributed by atoms with Crippen molar-refractivity contribution in [2.24, 2.45) is 7.05 Å². The quantitative estimate of drug-likeness (QED) is 0.859. The Hall–Kier alpha value is -2.67. The van der Waals surface area contributed by atoms with Crippen LogP contribution in [0.3, 0.4) is 0 Å². The van der Waals surface area contributed by atoms with Gasteiger partial charge in [-0.15, -0.1) is 0 Å². The van der Waals surface area contributed by atoms with Crippen LogP contribution in [-0.4, -0.2) is 34.7 Å². The molecule has 0 aliphatic carbocycles. The second-order valence-corrected chi connectivity index (χ2v) is 7.18. The maximum absolute atomic E-state index is 12.7. The van der Waals surface area contributed by atoms with Gasteiger partial charge in [0, 0.05) is 63.0 Å². The van der Waals surface area contributed by atoms with Gasteiger partial charge in [0.05, 0.1) is 0 Å². The summed E-state index contributed by atoms with van der Waals surface area (Å²) in [5, 5.41) is 10.7. The zero-order valence-corrected chi connectivity index (χ0v) is 15.6. The minimum atomic E-state index is -0.157. The van der Waals surface area contributed by atoms with Gasteiger partial charge in [0.25, 0.3) is 5.91 Å². The molecule has 2 aliphatic rings. The Labute approximate surface area is 158 Å². The number of rotatable bonds is 4. The average molecular weight is 367 g/mol. The van der Waals surface area contributed by atoms with Crippen LogP contribution in [0.5, 0.6) is 0 Å². The summed E-state index contributed by atoms with van der Waals surface area (Å²) in [6, 6.07) is 7.84. The van der Waals surface area contributed by atoms with Crippen molar-refractivity contribution in [3.05, 3.63) is 46.8 Å². The Bertz CT molecular complexity index is 873. The van der Waals surface area contributed by atoms with Crippen LogP contribution in [0.1, 0.15) is 46.6 Å². The zero-order valence-electron chi connectivity index (χ0n) is 15.6. The van der Waals surface area contributed by atoms with Crippen molar-refractivity contribution < 1.29 is 9.59 Å². The summed E-state index contributed by atoms with van der Waals surface area (Å²) in [6.07, 6.45) is 3.50. The highest BCUT2D eigenvalue weighted by Gasteiger charge is 2.23. The normalized spacial score (nSPS) is 16.9. The number of aryl methyl sites for hydroxylation is 1. The van der Waals surface area contributed by atoms with Gasteiger partial charge in [-0.1, -0.05) is 12.1 Å². The van der Waals surface area contributed by atoms with Gasteiger partial charge in [0.1, 0.15) is 0 Å². The third-order valence-corrected chi connectivity index (χ3v) is 5.33. The van der Waals surface area contributed by atoms with Gasteiger partial charge >= 0.3 is 0 Å². The predicted molar refractivity (Wildman–Crippen MR) is 102 cm³/mol. The Morgan fingerprint density at radius 2 is 2.19 bits per heavy atom. The van der Waals surface area contributed by atoms with Crippen LogP contribution < -0.4 is 15.5 Å². The van der Waals surface area contributed by atoms with Crippen LogP contribution in [0.2, 0.25) is 0 Å². The van der Waals surface area contributed by atoms with Gasteiger partial charge in [0.2, 0.25) is 5.91 Å². The van der Waals surface area contributed by atoms with Gasteiger partial charge in [-0.05, 0) is 30.5 Å². The number of benzene rings is 1. The van der Waals surface area contributed by atoms with E-state index in [-0.39, 0.29) is 11.8 Å². The number of anilines is 1. The van der Waals surface area contributed by atoms with E-state index < -0.39 is 0 Å². The lowest BCUT2D eigenvalue weighted by Crippen LogP contribution is -2.35. The summed E-state index contributed by atoms with van der Waals surface area (Å²) in [7, 11) is 1.89. The smallest absolute Gasteiger partial charge is 0.272 e. The molecule has 0 radical (unpaired) electrons. The monoisotopic (exact) mass is 367 g/mol. The van der Waals surface area contributed by atoms with Crippen molar-refractivity contribution in [1.82, 2.24) is 20.4 Å². The summed E-state index contributed by atoms with van der Waals surface area (Å²) < 4.78 is 1.81. The van der Waals surface area contributed by atoms with Gasteiger partial charge in [0.15, 0.2) is 5.69 Å². The second-order valence-electron chi connectivity index (χ2n) is 7.18. The van der Waals surface area contributed by atoms with Crippen LogP contribution in [0.25, 0.3) is 0 Å². The molecule has 0 spiro atoms. The van der Waals surface area contributed by atoms with E-state index in [1.54, 1.807) is 0 Å². The molecule has 7 heteroatoms. The molecule has 2 amide bonds. The molecule has 1 aromatic carbocycles. The number of piperidine rings is 1. The molecular weight excluding hydrogens is 342 g/mol. The summed E-state index contributed by atoms with van der Waals surface area (Å²) in [4.78, 5) is 26.6. The fourth-order valence-electron chi connectivity index (χ4n) is 3.88. The van der Waals surface area contributed by atoms with E-state index in [1.165, 1.54) is 0 Å². The first-order chi connectivity index (χ1) is 13.1. The van der Waals surface area contributed by atoms with E-state index in [1.807, 2.05) is 40.9 Å². The summed E-state index contributed by atoms with van der Waals surface area (Å²) in [6.45, 7) is 2.77. The molecule has 2 aliphatic heterocycles. The number of carbonyl (C=O) groups excluding carboxylic acids is 2. The first-order valence-electron chi connectivity index (χ1n) is 9.56. The van der Waals surface area contributed by atoms with E-state index in [9.17, 15) is 9.59 Å². The maximum atomic E-state index is 12.7. The van der Waals surface area contributed by atoms with Crippen LogP contribution in [0.4, 0.5) is 5.69 Å². The largest absolute Gasteiger partial charge is 0.347 e. The topological polar surface area (TPSA) is 79.3 Å². The fraction of sp³-hybridized carbons (Fsp3) is 0.450. The summed E-state index contributed by atoms with van der Waals surface area (Å²) >= 11 is 0. The molecule has 2 aromatic rings.